The summed E-state index contributed by atoms with van der Waals surface area (Å²) in [6, 6.07) is 8.86. The summed E-state index contributed by atoms with van der Waals surface area (Å²) in [5.74, 6) is 0. The fraction of sp³-hybridized carbons (Fsp3) is 0.538. The standard InChI is InChI=1S/C13H21ClN2/c1-10(9-15-3)16(4)11(2)12-7-5-6-8-13(12)14/h5-8,10-11,15H,9H2,1-4H3. The van der Waals surface area contributed by atoms with Crippen molar-refractivity contribution in [3.8, 4) is 0 Å². The minimum absolute atomic E-state index is 0.331. The maximum atomic E-state index is 6.20. The second kappa shape index (κ2) is 6.24. The third-order valence-corrected chi connectivity index (χ3v) is 3.51. The predicted molar refractivity (Wildman–Crippen MR) is 71.0 cm³/mol. The molecule has 0 saturated heterocycles. The zero-order valence-electron chi connectivity index (χ0n) is 10.5. The van der Waals surface area contributed by atoms with Gasteiger partial charge in [-0.05, 0) is 39.6 Å². The summed E-state index contributed by atoms with van der Waals surface area (Å²) in [6.07, 6.45) is 0. The average Bonchev–Trinajstić information content (AvgIpc) is 2.28. The Morgan fingerprint density at radius 1 is 1.31 bits per heavy atom. The van der Waals surface area contributed by atoms with Crippen molar-refractivity contribution in [1.82, 2.24) is 10.2 Å². The van der Waals surface area contributed by atoms with Crippen LogP contribution in [0.4, 0.5) is 0 Å². The van der Waals surface area contributed by atoms with Crippen molar-refractivity contribution in [3.05, 3.63) is 34.9 Å². The van der Waals surface area contributed by atoms with Gasteiger partial charge in [-0.25, -0.2) is 0 Å². The van der Waals surface area contributed by atoms with Gasteiger partial charge in [-0.15, -0.1) is 0 Å². The van der Waals surface area contributed by atoms with Crippen LogP contribution in [0.25, 0.3) is 0 Å². The highest BCUT2D eigenvalue weighted by molar-refractivity contribution is 6.31. The summed E-state index contributed by atoms with van der Waals surface area (Å²) in [5, 5.41) is 4.04. The van der Waals surface area contributed by atoms with Gasteiger partial charge in [0.15, 0.2) is 0 Å². The Balaban J connectivity index is 2.77. The Hall–Kier alpha value is -0.570. The van der Waals surface area contributed by atoms with Gasteiger partial charge in [-0.1, -0.05) is 29.8 Å². The van der Waals surface area contributed by atoms with Crippen molar-refractivity contribution in [3.63, 3.8) is 0 Å². The lowest BCUT2D eigenvalue weighted by Gasteiger charge is -2.31. The average molecular weight is 241 g/mol. The third-order valence-electron chi connectivity index (χ3n) is 3.16. The van der Waals surface area contributed by atoms with Crippen LogP contribution in [-0.4, -0.2) is 31.6 Å². The first kappa shape index (κ1) is 13.5. The summed E-state index contributed by atoms with van der Waals surface area (Å²) >= 11 is 6.20. The molecule has 2 nitrogen and oxygen atoms in total. The highest BCUT2D eigenvalue weighted by Gasteiger charge is 2.18. The van der Waals surface area contributed by atoms with Crippen LogP contribution in [0.15, 0.2) is 24.3 Å². The van der Waals surface area contributed by atoms with Crippen molar-refractivity contribution >= 4 is 11.6 Å². The SMILES string of the molecule is CNCC(C)N(C)C(C)c1ccccc1Cl. The van der Waals surface area contributed by atoms with Crippen molar-refractivity contribution in [1.29, 1.82) is 0 Å². The molecule has 0 fully saturated rings. The van der Waals surface area contributed by atoms with Crippen LogP contribution >= 0.6 is 11.6 Å². The minimum atomic E-state index is 0.331. The lowest BCUT2D eigenvalue weighted by atomic mass is 10.1. The maximum absolute atomic E-state index is 6.20. The molecule has 0 radical (unpaired) electrons. The Labute approximate surface area is 104 Å². The van der Waals surface area contributed by atoms with Gasteiger partial charge in [0.05, 0.1) is 0 Å². The summed E-state index contributed by atoms with van der Waals surface area (Å²) in [5.41, 5.74) is 1.19. The van der Waals surface area contributed by atoms with Crippen LogP contribution < -0.4 is 5.32 Å². The Morgan fingerprint density at radius 2 is 1.94 bits per heavy atom. The van der Waals surface area contributed by atoms with Crippen LogP contribution in [0.2, 0.25) is 5.02 Å². The number of rotatable bonds is 5. The molecule has 2 atom stereocenters. The zero-order chi connectivity index (χ0) is 12.1. The molecular formula is C13H21ClN2. The molecule has 0 aliphatic heterocycles. The van der Waals surface area contributed by atoms with Gasteiger partial charge in [-0.3, -0.25) is 4.90 Å². The molecule has 0 aliphatic carbocycles. The van der Waals surface area contributed by atoms with E-state index in [9.17, 15) is 0 Å². The first-order chi connectivity index (χ1) is 7.57. The van der Waals surface area contributed by atoms with E-state index >= 15 is 0 Å². The molecule has 1 rings (SSSR count). The first-order valence-corrected chi connectivity index (χ1v) is 6.06. The van der Waals surface area contributed by atoms with Gasteiger partial charge in [0.25, 0.3) is 0 Å². The van der Waals surface area contributed by atoms with E-state index in [0.717, 1.165) is 11.6 Å². The topological polar surface area (TPSA) is 15.3 Å². The number of halogens is 1. The Kier molecular flexibility index (Phi) is 5.26. The third kappa shape index (κ3) is 3.21. The molecule has 1 N–H and O–H groups in total. The van der Waals surface area contributed by atoms with Gasteiger partial charge in [0.2, 0.25) is 0 Å². The van der Waals surface area contributed by atoms with Gasteiger partial charge < -0.3 is 5.32 Å². The fourth-order valence-electron chi connectivity index (χ4n) is 1.85. The molecular weight excluding hydrogens is 220 g/mol. The summed E-state index contributed by atoms with van der Waals surface area (Å²) in [6.45, 7) is 5.38. The van der Waals surface area contributed by atoms with E-state index in [1.807, 2.05) is 25.2 Å². The van der Waals surface area contributed by atoms with Gasteiger partial charge in [-0.2, -0.15) is 0 Å². The number of likely N-dealkylation sites (N-methyl/N-ethyl adjacent to an activating group) is 2. The molecule has 90 valence electrons. The molecule has 0 amide bonds. The van der Waals surface area contributed by atoms with Crippen molar-refractivity contribution in [2.75, 3.05) is 20.6 Å². The highest BCUT2D eigenvalue weighted by Crippen LogP contribution is 2.27. The summed E-state index contributed by atoms with van der Waals surface area (Å²) in [7, 11) is 4.11. The molecule has 16 heavy (non-hydrogen) atoms. The normalized spacial score (nSPS) is 15.1. The van der Waals surface area contributed by atoms with Gasteiger partial charge in [0.1, 0.15) is 0 Å². The van der Waals surface area contributed by atoms with Gasteiger partial charge in [0, 0.05) is 23.7 Å². The summed E-state index contributed by atoms with van der Waals surface area (Å²) < 4.78 is 0. The molecule has 0 aliphatic rings. The number of hydrogen-bond acceptors (Lipinski definition) is 2. The number of hydrogen-bond donors (Lipinski definition) is 1. The molecule has 1 aromatic carbocycles. The molecule has 1 aromatic rings. The number of nitrogens with zero attached hydrogens (tertiary/aromatic N) is 1. The molecule has 3 heteroatoms. The fourth-order valence-corrected chi connectivity index (χ4v) is 2.15. The lowest BCUT2D eigenvalue weighted by Crippen LogP contribution is -2.38. The second-order valence-corrected chi connectivity index (χ2v) is 4.68. The molecule has 2 unspecified atom stereocenters. The van der Waals surface area contributed by atoms with Crippen LogP contribution in [-0.2, 0) is 0 Å². The first-order valence-electron chi connectivity index (χ1n) is 5.69. The van der Waals surface area contributed by atoms with E-state index in [-0.39, 0.29) is 0 Å². The van der Waals surface area contributed by atoms with Gasteiger partial charge >= 0.3 is 0 Å². The van der Waals surface area contributed by atoms with E-state index < -0.39 is 0 Å². The number of nitrogens with one attached hydrogen (secondary N) is 1. The zero-order valence-corrected chi connectivity index (χ0v) is 11.3. The largest absolute Gasteiger partial charge is 0.318 e. The molecule has 0 heterocycles. The monoisotopic (exact) mass is 240 g/mol. The molecule has 0 spiro atoms. The van der Waals surface area contributed by atoms with Crippen molar-refractivity contribution < 1.29 is 0 Å². The quantitative estimate of drug-likeness (QED) is 0.852. The minimum Gasteiger partial charge on any atom is -0.318 e. The van der Waals surface area contributed by atoms with Crippen LogP contribution in [0.5, 0.6) is 0 Å². The van der Waals surface area contributed by atoms with Crippen molar-refractivity contribution in [2.45, 2.75) is 25.9 Å². The smallest absolute Gasteiger partial charge is 0.0453 e. The van der Waals surface area contributed by atoms with Crippen LogP contribution in [0.1, 0.15) is 25.5 Å². The molecule has 0 bridgehead atoms. The van der Waals surface area contributed by atoms with E-state index in [1.165, 1.54) is 5.56 Å². The molecule has 0 saturated carbocycles. The Morgan fingerprint density at radius 3 is 2.50 bits per heavy atom. The van der Waals surface area contributed by atoms with Crippen LogP contribution in [0, 0.1) is 0 Å². The van der Waals surface area contributed by atoms with E-state index in [4.69, 9.17) is 11.6 Å². The molecule has 0 aromatic heterocycles. The lowest BCUT2D eigenvalue weighted by molar-refractivity contribution is 0.195. The number of benzene rings is 1. The van der Waals surface area contributed by atoms with E-state index in [1.54, 1.807) is 0 Å². The van der Waals surface area contributed by atoms with Crippen LogP contribution in [0.3, 0.4) is 0 Å². The highest BCUT2D eigenvalue weighted by atomic mass is 35.5. The van der Waals surface area contributed by atoms with E-state index in [0.29, 0.717) is 12.1 Å². The van der Waals surface area contributed by atoms with Crippen molar-refractivity contribution in [2.24, 2.45) is 0 Å². The second-order valence-electron chi connectivity index (χ2n) is 4.27. The summed E-state index contributed by atoms with van der Waals surface area (Å²) in [4.78, 5) is 2.33. The predicted octanol–water partition coefficient (Wildman–Crippen LogP) is 2.94. The Bertz CT molecular complexity index is 327. The van der Waals surface area contributed by atoms with E-state index in [2.05, 4.69) is 37.2 Å². The maximum Gasteiger partial charge on any atom is 0.0453 e.